The zero-order valence-corrected chi connectivity index (χ0v) is 10.8. The number of aryl methyl sites for hydroxylation is 1. The predicted octanol–water partition coefficient (Wildman–Crippen LogP) is 3.43. The topological polar surface area (TPSA) is 26.3 Å². The molecule has 0 aliphatic carbocycles. The maximum absolute atomic E-state index is 11.3. The van der Waals surface area contributed by atoms with Crippen LogP contribution < -0.4 is 0 Å². The van der Waals surface area contributed by atoms with Gasteiger partial charge in [-0.2, -0.15) is 0 Å². The Labute approximate surface area is 101 Å². The molecule has 1 aromatic rings. The Morgan fingerprint density at radius 2 is 2.00 bits per heavy atom. The minimum atomic E-state index is -0.116. The average Bonchev–Trinajstić information content (AvgIpc) is 2.21. The van der Waals surface area contributed by atoms with Crippen molar-refractivity contribution in [3.63, 3.8) is 0 Å². The molecular weight excluding hydrogens is 220 g/mol. The molecule has 0 aliphatic heterocycles. The molecular formula is C13H18O2S. The molecule has 1 aromatic carbocycles. The molecule has 0 aliphatic rings. The average molecular weight is 238 g/mol. The van der Waals surface area contributed by atoms with Crippen molar-refractivity contribution in [2.45, 2.75) is 37.3 Å². The summed E-state index contributed by atoms with van der Waals surface area (Å²) < 4.78 is 4.92. The third-order valence-electron chi connectivity index (χ3n) is 2.12. The van der Waals surface area contributed by atoms with E-state index in [-0.39, 0.29) is 11.2 Å². The van der Waals surface area contributed by atoms with Gasteiger partial charge in [0, 0.05) is 10.1 Å². The number of carbonyl (C=O) groups is 1. The second-order valence-corrected chi connectivity index (χ2v) is 5.26. The summed E-state index contributed by atoms with van der Waals surface area (Å²) in [6.45, 7) is 6.40. The number of esters is 1. The van der Waals surface area contributed by atoms with Crippen molar-refractivity contribution in [3.05, 3.63) is 29.8 Å². The van der Waals surface area contributed by atoms with Crippen LogP contribution in [0.25, 0.3) is 0 Å². The minimum absolute atomic E-state index is 0.116. The fourth-order valence-electron chi connectivity index (χ4n) is 1.35. The van der Waals surface area contributed by atoms with Crippen LogP contribution in [-0.2, 0) is 9.53 Å². The molecule has 0 heterocycles. The predicted molar refractivity (Wildman–Crippen MR) is 67.7 cm³/mol. The molecule has 88 valence electrons. The van der Waals surface area contributed by atoms with Crippen LogP contribution in [0.4, 0.5) is 0 Å². The van der Waals surface area contributed by atoms with Crippen molar-refractivity contribution >= 4 is 17.7 Å². The van der Waals surface area contributed by atoms with Gasteiger partial charge in [0.25, 0.3) is 0 Å². The quantitative estimate of drug-likeness (QED) is 0.580. The van der Waals surface area contributed by atoms with E-state index >= 15 is 0 Å². The van der Waals surface area contributed by atoms with Crippen molar-refractivity contribution in [1.82, 2.24) is 0 Å². The smallest absolute Gasteiger partial charge is 0.306 e. The van der Waals surface area contributed by atoms with Crippen molar-refractivity contribution in [3.8, 4) is 0 Å². The largest absolute Gasteiger partial charge is 0.466 e. The van der Waals surface area contributed by atoms with Gasteiger partial charge in [0.1, 0.15) is 0 Å². The number of thioether (sulfide) groups is 1. The molecule has 2 nitrogen and oxygen atoms in total. The first-order chi connectivity index (χ1) is 7.61. The summed E-state index contributed by atoms with van der Waals surface area (Å²) in [4.78, 5) is 12.5. The van der Waals surface area contributed by atoms with E-state index in [1.54, 1.807) is 11.8 Å². The van der Waals surface area contributed by atoms with Crippen LogP contribution in [0.3, 0.4) is 0 Å². The molecule has 0 aromatic heterocycles. The van der Waals surface area contributed by atoms with E-state index in [1.165, 1.54) is 10.5 Å². The number of rotatable bonds is 5. The van der Waals surface area contributed by atoms with Crippen molar-refractivity contribution in [2.24, 2.45) is 0 Å². The number of hydrogen-bond acceptors (Lipinski definition) is 3. The van der Waals surface area contributed by atoms with E-state index < -0.39 is 0 Å². The molecule has 0 N–H and O–H groups in total. The van der Waals surface area contributed by atoms with Gasteiger partial charge in [0.2, 0.25) is 0 Å². The Morgan fingerprint density at radius 3 is 2.56 bits per heavy atom. The van der Waals surface area contributed by atoms with Gasteiger partial charge >= 0.3 is 5.97 Å². The Balaban J connectivity index is 2.42. The van der Waals surface area contributed by atoms with E-state index in [4.69, 9.17) is 4.74 Å². The third kappa shape index (κ3) is 4.71. The summed E-state index contributed by atoms with van der Waals surface area (Å²) in [5.41, 5.74) is 1.25. The number of carbonyl (C=O) groups excluding carboxylic acids is 1. The van der Waals surface area contributed by atoms with Gasteiger partial charge in [-0.15, -0.1) is 11.8 Å². The van der Waals surface area contributed by atoms with Crippen LogP contribution in [0, 0.1) is 6.92 Å². The van der Waals surface area contributed by atoms with Crippen LogP contribution in [-0.4, -0.2) is 17.8 Å². The van der Waals surface area contributed by atoms with Crippen LogP contribution in [0.2, 0.25) is 0 Å². The minimum Gasteiger partial charge on any atom is -0.466 e. The lowest BCUT2D eigenvalue weighted by Gasteiger charge is -2.10. The molecule has 1 atom stereocenters. The van der Waals surface area contributed by atoms with Gasteiger partial charge in [0.05, 0.1) is 13.0 Å². The Kier molecular flexibility index (Phi) is 5.39. The molecule has 0 radical (unpaired) electrons. The molecule has 16 heavy (non-hydrogen) atoms. The molecule has 0 saturated heterocycles. The molecule has 3 heteroatoms. The molecule has 0 amide bonds. The van der Waals surface area contributed by atoms with Gasteiger partial charge in [-0.25, -0.2) is 0 Å². The molecule has 0 fully saturated rings. The van der Waals surface area contributed by atoms with E-state index in [1.807, 2.05) is 13.8 Å². The van der Waals surface area contributed by atoms with Crippen LogP contribution in [0.15, 0.2) is 29.2 Å². The fraction of sp³-hybridized carbons (Fsp3) is 0.462. The first-order valence-electron chi connectivity index (χ1n) is 5.50. The van der Waals surface area contributed by atoms with Gasteiger partial charge in [-0.05, 0) is 26.0 Å². The monoisotopic (exact) mass is 238 g/mol. The SMILES string of the molecule is CCOC(=O)CC(C)Sc1ccc(C)cc1. The van der Waals surface area contributed by atoms with Gasteiger partial charge in [0.15, 0.2) is 0 Å². The number of ether oxygens (including phenoxy) is 1. The lowest BCUT2D eigenvalue weighted by Crippen LogP contribution is -2.10. The molecule has 0 saturated carbocycles. The van der Waals surface area contributed by atoms with E-state index in [0.717, 1.165) is 0 Å². The molecule has 1 unspecified atom stereocenters. The molecule has 1 rings (SSSR count). The van der Waals surface area contributed by atoms with Crippen LogP contribution in [0.1, 0.15) is 25.8 Å². The third-order valence-corrected chi connectivity index (χ3v) is 3.23. The Hall–Kier alpha value is -0.960. The second kappa shape index (κ2) is 6.59. The maximum Gasteiger partial charge on any atom is 0.306 e. The summed E-state index contributed by atoms with van der Waals surface area (Å²) >= 11 is 1.71. The normalized spacial score (nSPS) is 12.2. The highest BCUT2D eigenvalue weighted by Crippen LogP contribution is 2.25. The molecule has 0 bridgehead atoms. The zero-order chi connectivity index (χ0) is 12.0. The highest BCUT2D eigenvalue weighted by molar-refractivity contribution is 8.00. The summed E-state index contributed by atoms with van der Waals surface area (Å²) in [5.74, 6) is -0.116. The van der Waals surface area contributed by atoms with Crippen molar-refractivity contribution < 1.29 is 9.53 Å². The van der Waals surface area contributed by atoms with E-state index in [2.05, 4.69) is 31.2 Å². The van der Waals surface area contributed by atoms with Crippen molar-refractivity contribution in [1.29, 1.82) is 0 Å². The Morgan fingerprint density at radius 1 is 1.38 bits per heavy atom. The summed E-state index contributed by atoms with van der Waals surface area (Å²) in [6, 6.07) is 8.34. The number of benzene rings is 1. The van der Waals surface area contributed by atoms with Crippen molar-refractivity contribution in [2.75, 3.05) is 6.61 Å². The summed E-state index contributed by atoms with van der Waals surface area (Å²) in [5, 5.41) is 0.252. The van der Waals surface area contributed by atoms with Crippen LogP contribution >= 0.6 is 11.8 Å². The lowest BCUT2D eigenvalue weighted by atomic mass is 10.2. The lowest BCUT2D eigenvalue weighted by molar-refractivity contribution is -0.142. The standard InChI is InChI=1S/C13H18O2S/c1-4-15-13(14)9-11(3)16-12-7-5-10(2)6-8-12/h5-8,11H,4,9H2,1-3H3. The summed E-state index contributed by atoms with van der Waals surface area (Å²) in [6.07, 6.45) is 0.465. The highest BCUT2D eigenvalue weighted by atomic mass is 32.2. The molecule has 0 spiro atoms. The Bertz CT molecular complexity index is 332. The van der Waals surface area contributed by atoms with Gasteiger partial charge in [-0.3, -0.25) is 4.79 Å². The van der Waals surface area contributed by atoms with E-state index in [0.29, 0.717) is 13.0 Å². The van der Waals surface area contributed by atoms with Crippen LogP contribution in [0.5, 0.6) is 0 Å². The van der Waals surface area contributed by atoms with Gasteiger partial charge < -0.3 is 4.74 Å². The second-order valence-electron chi connectivity index (χ2n) is 3.75. The first kappa shape index (κ1) is 13.1. The zero-order valence-electron chi connectivity index (χ0n) is 10.0. The maximum atomic E-state index is 11.3. The highest BCUT2D eigenvalue weighted by Gasteiger charge is 2.10. The first-order valence-corrected chi connectivity index (χ1v) is 6.38. The summed E-state index contributed by atoms with van der Waals surface area (Å²) in [7, 11) is 0. The van der Waals surface area contributed by atoms with Gasteiger partial charge in [-0.1, -0.05) is 24.6 Å². The fourth-order valence-corrected chi connectivity index (χ4v) is 2.32. The number of hydrogen-bond donors (Lipinski definition) is 0. The van der Waals surface area contributed by atoms with E-state index in [9.17, 15) is 4.79 Å².